The van der Waals surface area contributed by atoms with Crippen LogP contribution in [0, 0.1) is 0 Å². The summed E-state index contributed by atoms with van der Waals surface area (Å²) in [7, 11) is 1.89. The highest BCUT2D eigenvalue weighted by molar-refractivity contribution is 7.11. The van der Waals surface area contributed by atoms with Gasteiger partial charge in [-0.25, -0.2) is 15.0 Å². The summed E-state index contributed by atoms with van der Waals surface area (Å²) < 4.78 is 0. The van der Waals surface area contributed by atoms with E-state index in [9.17, 15) is 0 Å². The molecule has 108 valence electrons. The molecule has 2 aromatic heterocycles. The highest BCUT2D eigenvalue weighted by Gasteiger charge is 2.10. The van der Waals surface area contributed by atoms with Crippen LogP contribution >= 0.6 is 11.3 Å². The number of hydrogen-bond acceptors (Lipinski definition) is 6. The van der Waals surface area contributed by atoms with Gasteiger partial charge in [-0.15, -0.1) is 11.3 Å². The molecule has 2 rings (SSSR count). The van der Waals surface area contributed by atoms with Crippen molar-refractivity contribution in [2.24, 2.45) is 0 Å². The van der Waals surface area contributed by atoms with E-state index in [4.69, 9.17) is 0 Å². The zero-order valence-electron chi connectivity index (χ0n) is 12.2. The maximum absolute atomic E-state index is 4.42. The molecule has 6 heteroatoms. The summed E-state index contributed by atoms with van der Waals surface area (Å²) >= 11 is 1.75. The molecule has 0 aliphatic carbocycles. The highest BCUT2D eigenvalue weighted by Crippen LogP contribution is 2.22. The lowest BCUT2D eigenvalue weighted by atomic mass is 10.1. The molecule has 0 bridgehead atoms. The van der Waals surface area contributed by atoms with Crippen LogP contribution in [0.4, 0.5) is 11.6 Å². The number of hydrogen-bond donors (Lipinski definition) is 2. The molecule has 0 aliphatic heterocycles. The molecule has 2 aromatic rings. The van der Waals surface area contributed by atoms with Gasteiger partial charge in [-0.1, -0.05) is 20.3 Å². The Morgan fingerprint density at radius 2 is 1.95 bits per heavy atom. The van der Waals surface area contributed by atoms with Gasteiger partial charge in [0.25, 0.3) is 0 Å². The van der Waals surface area contributed by atoms with Crippen molar-refractivity contribution in [1.29, 1.82) is 0 Å². The van der Waals surface area contributed by atoms with Crippen molar-refractivity contribution in [2.75, 3.05) is 17.7 Å². The molecular weight excluding hydrogens is 270 g/mol. The Kier molecular flexibility index (Phi) is 5.29. The first-order valence-corrected chi connectivity index (χ1v) is 7.79. The Morgan fingerprint density at radius 3 is 2.60 bits per heavy atom. The molecule has 0 radical (unpaired) electrons. The van der Waals surface area contributed by atoms with Gasteiger partial charge < -0.3 is 10.6 Å². The zero-order chi connectivity index (χ0) is 14.4. The average molecular weight is 291 g/mol. The molecule has 2 heterocycles. The molecule has 0 atom stereocenters. The smallest absolute Gasteiger partial charge is 0.135 e. The number of rotatable bonds is 7. The van der Waals surface area contributed by atoms with Gasteiger partial charge in [0.15, 0.2) is 0 Å². The van der Waals surface area contributed by atoms with Gasteiger partial charge in [-0.05, 0) is 12.8 Å². The molecule has 0 aliphatic rings. The first kappa shape index (κ1) is 14.7. The van der Waals surface area contributed by atoms with Gasteiger partial charge in [-0.3, -0.25) is 0 Å². The van der Waals surface area contributed by atoms with Crippen LogP contribution in [0.1, 0.15) is 35.7 Å². The van der Waals surface area contributed by atoms with E-state index in [0.717, 1.165) is 41.5 Å². The van der Waals surface area contributed by atoms with Gasteiger partial charge >= 0.3 is 0 Å². The van der Waals surface area contributed by atoms with Crippen LogP contribution < -0.4 is 10.6 Å². The average Bonchev–Trinajstić information content (AvgIpc) is 2.94. The van der Waals surface area contributed by atoms with Crippen molar-refractivity contribution in [3.63, 3.8) is 0 Å². The molecule has 0 unspecified atom stereocenters. The van der Waals surface area contributed by atoms with E-state index in [0.29, 0.717) is 6.54 Å². The second kappa shape index (κ2) is 7.19. The van der Waals surface area contributed by atoms with Crippen molar-refractivity contribution in [2.45, 2.75) is 39.7 Å². The van der Waals surface area contributed by atoms with Crippen LogP contribution in [-0.2, 0) is 19.4 Å². The Labute approximate surface area is 123 Å². The van der Waals surface area contributed by atoms with Gasteiger partial charge in [0, 0.05) is 23.7 Å². The van der Waals surface area contributed by atoms with E-state index >= 15 is 0 Å². The van der Waals surface area contributed by atoms with Crippen LogP contribution in [0.15, 0.2) is 12.5 Å². The number of aryl methyl sites for hydroxylation is 1. The molecule has 0 amide bonds. The quantitative estimate of drug-likeness (QED) is 0.820. The maximum atomic E-state index is 4.42. The number of nitrogens with zero attached hydrogens (tertiary/aromatic N) is 3. The minimum absolute atomic E-state index is 0.710. The zero-order valence-corrected chi connectivity index (χ0v) is 13.0. The fraction of sp³-hybridized carbons (Fsp3) is 0.500. The maximum Gasteiger partial charge on any atom is 0.135 e. The molecule has 20 heavy (non-hydrogen) atoms. The fourth-order valence-electron chi connectivity index (χ4n) is 2.02. The van der Waals surface area contributed by atoms with E-state index in [-0.39, 0.29) is 0 Å². The van der Waals surface area contributed by atoms with Crippen LogP contribution in [0.2, 0.25) is 0 Å². The van der Waals surface area contributed by atoms with Crippen molar-refractivity contribution in [3.05, 3.63) is 28.0 Å². The largest absolute Gasteiger partial charge is 0.373 e. The second-order valence-corrected chi connectivity index (χ2v) is 5.68. The third-order valence-electron chi connectivity index (χ3n) is 3.04. The molecule has 0 fully saturated rings. The molecule has 5 nitrogen and oxygen atoms in total. The SMILES string of the molecule is CCCc1c(NC)ncnc1NCc1ncc(CC)s1. The molecule has 0 aromatic carbocycles. The second-order valence-electron chi connectivity index (χ2n) is 4.48. The number of aromatic nitrogens is 3. The van der Waals surface area contributed by atoms with Crippen LogP contribution in [0.5, 0.6) is 0 Å². The summed E-state index contributed by atoms with van der Waals surface area (Å²) in [6.07, 6.45) is 6.60. The molecule has 0 saturated heterocycles. The monoisotopic (exact) mass is 291 g/mol. The summed E-state index contributed by atoms with van der Waals surface area (Å²) in [6.45, 7) is 5.01. The summed E-state index contributed by atoms with van der Waals surface area (Å²) in [5.74, 6) is 1.80. The fourth-order valence-corrected chi connectivity index (χ4v) is 2.82. The van der Waals surface area contributed by atoms with Crippen LogP contribution in [-0.4, -0.2) is 22.0 Å². The lowest BCUT2D eigenvalue weighted by Gasteiger charge is -2.12. The van der Waals surface area contributed by atoms with Crippen molar-refractivity contribution in [3.8, 4) is 0 Å². The Hall–Kier alpha value is -1.69. The Morgan fingerprint density at radius 1 is 1.15 bits per heavy atom. The van der Waals surface area contributed by atoms with Gasteiger partial charge in [-0.2, -0.15) is 0 Å². The van der Waals surface area contributed by atoms with Crippen LogP contribution in [0.3, 0.4) is 0 Å². The summed E-state index contributed by atoms with van der Waals surface area (Å²) in [4.78, 5) is 14.4. The van der Waals surface area contributed by atoms with Gasteiger partial charge in [0.1, 0.15) is 23.0 Å². The predicted octanol–water partition coefficient (Wildman–Crippen LogP) is 3.10. The van der Waals surface area contributed by atoms with Gasteiger partial charge in [0.05, 0.1) is 6.54 Å². The topological polar surface area (TPSA) is 62.7 Å². The van der Waals surface area contributed by atoms with Crippen molar-refractivity contribution in [1.82, 2.24) is 15.0 Å². The number of thiazole rings is 1. The number of nitrogens with one attached hydrogen (secondary N) is 2. The lowest BCUT2D eigenvalue weighted by Crippen LogP contribution is -2.08. The van der Waals surface area contributed by atoms with E-state index in [1.54, 1.807) is 17.7 Å². The van der Waals surface area contributed by atoms with E-state index in [1.165, 1.54) is 4.88 Å². The minimum Gasteiger partial charge on any atom is -0.373 e. The van der Waals surface area contributed by atoms with E-state index in [1.807, 2.05) is 13.2 Å². The third kappa shape index (κ3) is 3.45. The van der Waals surface area contributed by atoms with E-state index < -0.39 is 0 Å². The van der Waals surface area contributed by atoms with Gasteiger partial charge in [0.2, 0.25) is 0 Å². The van der Waals surface area contributed by atoms with E-state index in [2.05, 4.69) is 39.4 Å². The Balaban J connectivity index is 2.11. The normalized spacial score (nSPS) is 10.6. The molecule has 0 saturated carbocycles. The summed E-state index contributed by atoms with van der Waals surface area (Å²) in [5.41, 5.74) is 1.14. The molecule has 2 N–H and O–H groups in total. The van der Waals surface area contributed by atoms with Crippen LogP contribution in [0.25, 0.3) is 0 Å². The molecule has 0 spiro atoms. The first-order chi connectivity index (χ1) is 9.78. The highest BCUT2D eigenvalue weighted by atomic mass is 32.1. The standard InChI is InChI=1S/C14H21N5S/c1-4-6-11-13(15-3)18-9-19-14(11)17-8-12-16-7-10(5-2)20-12/h7,9H,4-6,8H2,1-3H3,(H2,15,17,18,19). The third-order valence-corrected chi connectivity index (χ3v) is 4.18. The summed E-state index contributed by atoms with van der Waals surface area (Å²) in [6, 6.07) is 0. The molecular formula is C14H21N5S. The van der Waals surface area contributed by atoms with Crippen molar-refractivity contribution >= 4 is 23.0 Å². The first-order valence-electron chi connectivity index (χ1n) is 6.97. The van der Waals surface area contributed by atoms with Crippen molar-refractivity contribution < 1.29 is 0 Å². The minimum atomic E-state index is 0.710. The summed E-state index contributed by atoms with van der Waals surface area (Å²) in [5, 5.41) is 7.60. The Bertz CT molecular complexity index is 552. The predicted molar refractivity (Wildman–Crippen MR) is 84.4 cm³/mol. The number of anilines is 2. The lowest BCUT2D eigenvalue weighted by molar-refractivity contribution is 0.898.